The number of hydrogen-bond acceptors (Lipinski definition) is 7. The van der Waals surface area contributed by atoms with Gasteiger partial charge in [0.25, 0.3) is 11.2 Å². The molecule has 11 heteroatoms. The van der Waals surface area contributed by atoms with Crippen LogP contribution >= 0.6 is 23.2 Å². The Bertz CT molecular complexity index is 1270. The van der Waals surface area contributed by atoms with Gasteiger partial charge in [-0.2, -0.15) is 4.98 Å². The van der Waals surface area contributed by atoms with Crippen LogP contribution in [0.3, 0.4) is 0 Å². The van der Waals surface area contributed by atoms with Crippen LogP contribution in [0.25, 0.3) is 22.3 Å². The van der Waals surface area contributed by atoms with Crippen molar-refractivity contribution in [2.75, 3.05) is 0 Å². The lowest BCUT2D eigenvalue weighted by molar-refractivity contribution is -0.384. The fraction of sp³-hybridized carbons (Fsp3) is 0.0588. The maximum absolute atomic E-state index is 12.7. The van der Waals surface area contributed by atoms with Crippen molar-refractivity contribution in [1.82, 2.24) is 19.7 Å². The molecular weight excluding hydrogens is 409 g/mol. The van der Waals surface area contributed by atoms with Crippen LogP contribution in [0.2, 0.25) is 10.0 Å². The Kier molecular flexibility index (Phi) is 4.54. The Labute approximate surface area is 166 Å². The van der Waals surface area contributed by atoms with Crippen molar-refractivity contribution in [3.05, 3.63) is 79.1 Å². The van der Waals surface area contributed by atoms with E-state index in [1.165, 1.54) is 47.3 Å². The average Bonchev–Trinajstić information content (AvgIpc) is 3.13. The van der Waals surface area contributed by atoms with Gasteiger partial charge in [-0.25, -0.2) is 4.98 Å². The molecule has 9 nitrogen and oxygen atoms in total. The minimum atomic E-state index is -0.497. The van der Waals surface area contributed by atoms with E-state index >= 15 is 0 Å². The number of fused-ring (bicyclic) bond motifs is 1. The van der Waals surface area contributed by atoms with Crippen molar-refractivity contribution in [2.24, 2.45) is 0 Å². The zero-order valence-corrected chi connectivity index (χ0v) is 15.4. The highest BCUT2D eigenvalue weighted by atomic mass is 35.5. The van der Waals surface area contributed by atoms with E-state index in [0.717, 1.165) is 0 Å². The smallest absolute Gasteiger partial charge is 0.269 e. The quantitative estimate of drug-likeness (QED) is 0.366. The second-order valence-electron chi connectivity index (χ2n) is 5.78. The highest BCUT2D eigenvalue weighted by molar-refractivity contribution is 6.38. The third kappa shape index (κ3) is 3.32. The van der Waals surface area contributed by atoms with Crippen LogP contribution in [-0.2, 0) is 6.54 Å². The maximum atomic E-state index is 12.7. The number of benzene rings is 2. The lowest BCUT2D eigenvalue weighted by Crippen LogP contribution is -2.21. The average molecular weight is 418 g/mol. The molecule has 4 aromatic rings. The summed E-state index contributed by atoms with van der Waals surface area (Å²) in [6, 6.07) is 8.72. The Morgan fingerprint density at radius 2 is 1.93 bits per heavy atom. The molecule has 0 unspecified atom stereocenters. The number of nitro benzene ring substituents is 1. The monoisotopic (exact) mass is 417 g/mol. The molecule has 0 aliphatic rings. The number of aromatic nitrogens is 4. The molecule has 0 radical (unpaired) electrons. The predicted molar refractivity (Wildman–Crippen MR) is 102 cm³/mol. The summed E-state index contributed by atoms with van der Waals surface area (Å²) in [4.78, 5) is 31.3. The van der Waals surface area contributed by atoms with Gasteiger partial charge in [0.05, 0.1) is 27.2 Å². The van der Waals surface area contributed by atoms with Gasteiger partial charge >= 0.3 is 0 Å². The fourth-order valence-corrected chi connectivity index (χ4v) is 3.16. The molecule has 0 bridgehead atoms. The molecule has 0 spiro atoms. The number of nitro groups is 1. The van der Waals surface area contributed by atoms with E-state index in [0.29, 0.717) is 16.1 Å². The normalized spacial score (nSPS) is 11.1. The Morgan fingerprint density at radius 1 is 1.18 bits per heavy atom. The summed E-state index contributed by atoms with van der Waals surface area (Å²) in [6.45, 7) is -0.00805. The van der Waals surface area contributed by atoms with E-state index in [1.54, 1.807) is 0 Å². The van der Waals surface area contributed by atoms with Gasteiger partial charge in [0.1, 0.15) is 6.54 Å². The number of rotatable bonds is 4. The molecule has 4 rings (SSSR count). The molecule has 2 heterocycles. The molecule has 0 aliphatic carbocycles. The highest BCUT2D eigenvalue weighted by Gasteiger charge is 2.14. The first-order chi connectivity index (χ1) is 13.4. The van der Waals surface area contributed by atoms with E-state index in [-0.39, 0.29) is 39.9 Å². The molecule has 0 aliphatic heterocycles. The first kappa shape index (κ1) is 18.1. The molecule has 0 atom stereocenters. The van der Waals surface area contributed by atoms with Crippen LogP contribution in [0.1, 0.15) is 5.89 Å². The first-order valence-electron chi connectivity index (χ1n) is 7.84. The van der Waals surface area contributed by atoms with Gasteiger partial charge in [0, 0.05) is 22.7 Å². The second-order valence-corrected chi connectivity index (χ2v) is 6.62. The molecule has 28 heavy (non-hydrogen) atoms. The van der Waals surface area contributed by atoms with Gasteiger partial charge in [-0.05, 0) is 24.3 Å². The van der Waals surface area contributed by atoms with Crippen molar-refractivity contribution in [1.29, 1.82) is 0 Å². The van der Waals surface area contributed by atoms with Gasteiger partial charge in [0.2, 0.25) is 11.7 Å². The van der Waals surface area contributed by atoms with E-state index in [9.17, 15) is 14.9 Å². The SMILES string of the molecule is O=c1c2cc(Cl)cc(Cl)c2ncn1Cc1nc(-c2ccc([N+](=O)[O-])cc2)no1. The maximum Gasteiger partial charge on any atom is 0.269 e. The van der Waals surface area contributed by atoms with Crippen LogP contribution in [0.4, 0.5) is 5.69 Å². The topological polar surface area (TPSA) is 117 Å². The molecule has 0 amide bonds. The number of hydrogen-bond donors (Lipinski definition) is 0. The second kappa shape index (κ2) is 7.02. The Hall–Kier alpha value is -3.30. The lowest BCUT2D eigenvalue weighted by atomic mass is 10.2. The van der Waals surface area contributed by atoms with Crippen molar-refractivity contribution in [3.63, 3.8) is 0 Å². The zero-order chi connectivity index (χ0) is 19.8. The predicted octanol–water partition coefficient (Wildman–Crippen LogP) is 3.71. The molecule has 0 saturated heterocycles. The molecular formula is C17H9Cl2N5O4. The van der Waals surface area contributed by atoms with E-state index in [1.807, 2.05) is 0 Å². The molecule has 0 N–H and O–H groups in total. The van der Waals surface area contributed by atoms with Crippen molar-refractivity contribution in [3.8, 4) is 11.4 Å². The largest absolute Gasteiger partial charge is 0.337 e. The Balaban J connectivity index is 1.65. The van der Waals surface area contributed by atoms with Crippen LogP contribution in [0.15, 0.2) is 52.0 Å². The number of nitrogens with zero attached hydrogens (tertiary/aromatic N) is 5. The third-order valence-corrected chi connectivity index (χ3v) is 4.46. The Morgan fingerprint density at radius 3 is 2.64 bits per heavy atom. The summed E-state index contributed by atoms with van der Waals surface area (Å²) in [5, 5.41) is 15.4. The fourth-order valence-electron chi connectivity index (χ4n) is 2.62. The van der Waals surface area contributed by atoms with Gasteiger partial charge in [-0.1, -0.05) is 28.4 Å². The molecule has 0 fully saturated rings. The van der Waals surface area contributed by atoms with Gasteiger partial charge in [-0.3, -0.25) is 19.5 Å². The summed E-state index contributed by atoms with van der Waals surface area (Å²) < 4.78 is 6.47. The molecule has 140 valence electrons. The molecule has 2 aromatic carbocycles. The number of non-ortho nitro benzene ring substituents is 1. The summed E-state index contributed by atoms with van der Waals surface area (Å²) >= 11 is 12.0. The first-order valence-corrected chi connectivity index (χ1v) is 8.59. The number of halogens is 2. The van der Waals surface area contributed by atoms with Crippen LogP contribution in [-0.4, -0.2) is 24.6 Å². The van der Waals surface area contributed by atoms with Crippen molar-refractivity contribution in [2.45, 2.75) is 6.54 Å². The van der Waals surface area contributed by atoms with E-state index < -0.39 is 4.92 Å². The van der Waals surface area contributed by atoms with Crippen LogP contribution in [0.5, 0.6) is 0 Å². The lowest BCUT2D eigenvalue weighted by Gasteiger charge is -2.05. The van der Waals surface area contributed by atoms with Crippen LogP contribution < -0.4 is 5.56 Å². The summed E-state index contributed by atoms with van der Waals surface area (Å²) in [7, 11) is 0. The molecule has 0 saturated carbocycles. The minimum absolute atomic E-state index is 0.00805. The summed E-state index contributed by atoms with van der Waals surface area (Å²) in [5.74, 6) is 0.419. The molecule has 2 aromatic heterocycles. The minimum Gasteiger partial charge on any atom is -0.337 e. The van der Waals surface area contributed by atoms with E-state index in [2.05, 4.69) is 15.1 Å². The summed E-state index contributed by atoms with van der Waals surface area (Å²) in [5.41, 5.74) is 0.496. The standard InChI is InChI=1S/C17H9Cl2N5O4/c18-10-5-12-15(13(19)6-10)20-8-23(17(12)25)7-14-21-16(22-28-14)9-1-3-11(4-2-9)24(26)27/h1-6,8H,7H2. The van der Waals surface area contributed by atoms with Crippen LogP contribution in [0, 0.1) is 10.1 Å². The van der Waals surface area contributed by atoms with Crippen molar-refractivity contribution < 1.29 is 9.45 Å². The van der Waals surface area contributed by atoms with Gasteiger partial charge in [-0.15, -0.1) is 0 Å². The highest BCUT2D eigenvalue weighted by Crippen LogP contribution is 2.24. The van der Waals surface area contributed by atoms with Gasteiger partial charge < -0.3 is 4.52 Å². The van der Waals surface area contributed by atoms with Gasteiger partial charge in [0.15, 0.2) is 0 Å². The third-order valence-electron chi connectivity index (χ3n) is 3.96. The zero-order valence-electron chi connectivity index (χ0n) is 13.9. The summed E-state index contributed by atoms with van der Waals surface area (Å²) in [6.07, 6.45) is 1.33. The van der Waals surface area contributed by atoms with Crippen molar-refractivity contribution >= 4 is 39.8 Å². The van der Waals surface area contributed by atoms with E-state index in [4.69, 9.17) is 27.7 Å².